The number of para-hydroxylation sites is 1. The van der Waals surface area contributed by atoms with E-state index in [0.717, 1.165) is 11.8 Å². The molecular formula is C23H27NO8S2. The van der Waals surface area contributed by atoms with Gasteiger partial charge in [0.05, 0.1) is 0 Å². The second-order valence-corrected chi connectivity index (χ2v) is 10.7. The van der Waals surface area contributed by atoms with Gasteiger partial charge in [0.2, 0.25) is 5.12 Å². The second kappa shape index (κ2) is 10.8. The zero-order valence-electron chi connectivity index (χ0n) is 19.6. The molecule has 3 atom stereocenters. The van der Waals surface area contributed by atoms with E-state index in [1.807, 2.05) is 6.07 Å². The average molecular weight is 510 g/mol. The van der Waals surface area contributed by atoms with Crippen LogP contribution in [0.25, 0.3) is 0 Å². The quantitative estimate of drug-likeness (QED) is 0.295. The van der Waals surface area contributed by atoms with Crippen LogP contribution in [0, 0.1) is 0 Å². The second-order valence-electron chi connectivity index (χ2n) is 8.47. The maximum atomic E-state index is 13.2. The van der Waals surface area contributed by atoms with Crippen molar-refractivity contribution in [1.29, 1.82) is 0 Å². The molecule has 1 amide bonds. The summed E-state index contributed by atoms with van der Waals surface area (Å²) in [6.07, 6.45) is -0.690. The summed E-state index contributed by atoms with van der Waals surface area (Å²) in [6.45, 7) is 6.06. The fraction of sp³-hybridized carbons (Fsp3) is 0.478. The highest BCUT2D eigenvalue weighted by Gasteiger charge is 2.55. The molecule has 1 fully saturated rings. The number of esters is 2. The Balaban J connectivity index is 1.89. The number of amides is 1. The van der Waals surface area contributed by atoms with Crippen LogP contribution in [-0.4, -0.2) is 69.8 Å². The fourth-order valence-electron chi connectivity index (χ4n) is 3.32. The van der Waals surface area contributed by atoms with Crippen molar-refractivity contribution in [3.8, 4) is 5.75 Å². The Bertz CT molecular complexity index is 988. The smallest absolute Gasteiger partial charge is 0.355 e. The van der Waals surface area contributed by atoms with Crippen molar-refractivity contribution in [3.63, 3.8) is 0 Å². The Kier molecular flexibility index (Phi) is 8.32. The highest BCUT2D eigenvalue weighted by molar-refractivity contribution is 8.14. The number of β-lactam (4-membered cyclic amide) rings is 1. The van der Waals surface area contributed by atoms with E-state index in [0.29, 0.717) is 11.3 Å². The van der Waals surface area contributed by atoms with Gasteiger partial charge in [-0.15, -0.1) is 11.8 Å². The van der Waals surface area contributed by atoms with E-state index in [1.165, 1.54) is 30.7 Å². The molecule has 2 heterocycles. The number of hydrogen-bond acceptors (Lipinski definition) is 10. The number of ether oxygens (including phenoxy) is 4. The summed E-state index contributed by atoms with van der Waals surface area (Å²) in [5, 5.41) is -0.827. The lowest BCUT2D eigenvalue weighted by Crippen LogP contribution is -2.66. The number of fused-ring (bicyclic) bond motifs is 1. The summed E-state index contributed by atoms with van der Waals surface area (Å²) >= 11 is 2.07. The normalized spacial score (nSPS) is 20.7. The van der Waals surface area contributed by atoms with Gasteiger partial charge in [0.1, 0.15) is 22.4 Å². The van der Waals surface area contributed by atoms with Gasteiger partial charge in [0.25, 0.3) is 5.91 Å². The highest BCUT2D eigenvalue weighted by atomic mass is 32.2. The van der Waals surface area contributed by atoms with Crippen molar-refractivity contribution in [1.82, 2.24) is 4.90 Å². The summed E-state index contributed by atoms with van der Waals surface area (Å²) in [4.78, 5) is 51.7. The third-order valence-corrected chi connectivity index (χ3v) is 6.94. The molecule has 0 saturated carbocycles. The maximum Gasteiger partial charge on any atom is 0.355 e. The van der Waals surface area contributed by atoms with Gasteiger partial charge in [-0.2, -0.15) is 0 Å². The minimum atomic E-state index is -1.13. The number of carbonyl (C=O) groups is 4. The van der Waals surface area contributed by atoms with Crippen LogP contribution >= 0.6 is 23.5 Å². The molecule has 9 nitrogen and oxygen atoms in total. The maximum absolute atomic E-state index is 13.2. The minimum Gasteiger partial charge on any atom is -0.485 e. The SMILES string of the molecule is CO[C@H]1C(=O)N2C(C(=O)OC(C)(C)C)=C(C(OC(C)=O)SC(=O)COc3ccccc3)CS[C@H]12. The van der Waals surface area contributed by atoms with Gasteiger partial charge in [0.15, 0.2) is 18.1 Å². The van der Waals surface area contributed by atoms with E-state index < -0.39 is 45.5 Å². The summed E-state index contributed by atoms with van der Waals surface area (Å²) in [5.74, 6) is -1.02. The van der Waals surface area contributed by atoms with Crippen molar-refractivity contribution in [3.05, 3.63) is 41.6 Å². The summed E-state index contributed by atoms with van der Waals surface area (Å²) in [7, 11) is 1.43. The molecule has 0 spiro atoms. The molecule has 2 aliphatic heterocycles. The van der Waals surface area contributed by atoms with Crippen molar-refractivity contribution < 1.29 is 38.1 Å². The topological polar surface area (TPSA) is 108 Å². The first-order valence-corrected chi connectivity index (χ1v) is 12.4. The monoisotopic (exact) mass is 509 g/mol. The molecule has 1 saturated heterocycles. The minimum absolute atomic E-state index is 0.0208. The van der Waals surface area contributed by atoms with Crippen LogP contribution in [0.3, 0.4) is 0 Å². The molecule has 0 aromatic heterocycles. The van der Waals surface area contributed by atoms with Gasteiger partial charge in [0, 0.05) is 25.4 Å². The van der Waals surface area contributed by atoms with Gasteiger partial charge >= 0.3 is 11.9 Å². The molecule has 1 aromatic rings. The van der Waals surface area contributed by atoms with Crippen LogP contribution < -0.4 is 4.74 Å². The Hall–Kier alpha value is -2.50. The van der Waals surface area contributed by atoms with Gasteiger partial charge in [-0.3, -0.25) is 19.3 Å². The number of carbonyl (C=O) groups excluding carboxylic acids is 4. The zero-order chi connectivity index (χ0) is 25.0. The van der Waals surface area contributed by atoms with Gasteiger partial charge < -0.3 is 18.9 Å². The molecular weight excluding hydrogens is 482 g/mol. The summed E-state index contributed by atoms with van der Waals surface area (Å²) in [6, 6.07) is 8.80. The highest BCUT2D eigenvalue weighted by Crippen LogP contribution is 2.44. The molecule has 1 aromatic carbocycles. The third kappa shape index (κ3) is 6.13. The number of methoxy groups -OCH3 is 1. The molecule has 1 unspecified atom stereocenters. The standard InChI is InChI=1S/C23H27NO8S2/c1-13(25)31-22(34-16(26)11-30-14-9-7-6-8-10-14)15-12-33-20-18(29-5)19(27)24(20)17(15)21(28)32-23(2,3)4/h6-10,18,20,22H,11-12H2,1-5H3/t18-,20+,22?/m0/s1. The van der Waals surface area contributed by atoms with E-state index in [9.17, 15) is 19.2 Å². The number of rotatable bonds is 8. The predicted octanol–water partition coefficient (Wildman–Crippen LogP) is 2.74. The van der Waals surface area contributed by atoms with Crippen molar-refractivity contribution >= 4 is 46.5 Å². The lowest BCUT2D eigenvalue weighted by Gasteiger charge is -2.49. The van der Waals surface area contributed by atoms with E-state index in [4.69, 9.17) is 18.9 Å². The Morgan fingerprint density at radius 1 is 1.21 bits per heavy atom. The molecule has 34 heavy (non-hydrogen) atoms. The molecule has 184 valence electrons. The van der Waals surface area contributed by atoms with Crippen LogP contribution in [0.2, 0.25) is 0 Å². The number of benzene rings is 1. The first-order valence-electron chi connectivity index (χ1n) is 10.5. The fourth-order valence-corrected chi connectivity index (χ4v) is 5.71. The van der Waals surface area contributed by atoms with Gasteiger partial charge in [-0.05, 0) is 44.7 Å². The van der Waals surface area contributed by atoms with Crippen LogP contribution in [-0.2, 0) is 33.4 Å². The number of hydrogen-bond donors (Lipinski definition) is 0. The third-order valence-electron chi connectivity index (χ3n) is 4.69. The van der Waals surface area contributed by atoms with Crippen molar-refractivity contribution in [2.45, 2.75) is 50.2 Å². The van der Waals surface area contributed by atoms with E-state index >= 15 is 0 Å². The molecule has 0 radical (unpaired) electrons. The molecule has 0 N–H and O–H groups in total. The molecule has 3 rings (SSSR count). The molecule has 2 aliphatic rings. The van der Waals surface area contributed by atoms with Crippen LogP contribution in [0.15, 0.2) is 41.6 Å². The van der Waals surface area contributed by atoms with E-state index in [-0.39, 0.29) is 18.1 Å². The average Bonchev–Trinajstić information content (AvgIpc) is 2.75. The van der Waals surface area contributed by atoms with Crippen LogP contribution in [0.5, 0.6) is 5.75 Å². The molecule has 11 heteroatoms. The zero-order valence-corrected chi connectivity index (χ0v) is 21.2. The largest absolute Gasteiger partial charge is 0.485 e. The molecule has 0 aliphatic carbocycles. The molecule has 0 bridgehead atoms. The number of nitrogens with zero attached hydrogens (tertiary/aromatic N) is 1. The lowest BCUT2D eigenvalue weighted by molar-refractivity contribution is -0.167. The number of thioether (sulfide) groups is 2. The summed E-state index contributed by atoms with van der Waals surface area (Å²) < 4.78 is 21.7. The van der Waals surface area contributed by atoms with Crippen molar-refractivity contribution in [2.75, 3.05) is 19.5 Å². The predicted molar refractivity (Wildman–Crippen MR) is 127 cm³/mol. The Morgan fingerprint density at radius 3 is 2.47 bits per heavy atom. The van der Waals surface area contributed by atoms with Gasteiger partial charge in [-0.25, -0.2) is 4.79 Å². The Morgan fingerprint density at radius 2 is 1.88 bits per heavy atom. The first kappa shape index (κ1) is 26.1. The summed E-state index contributed by atoms with van der Waals surface area (Å²) in [5.41, 5.74) is -1.67. The lowest BCUT2D eigenvalue weighted by atomic mass is 10.0. The van der Waals surface area contributed by atoms with Gasteiger partial charge in [-0.1, -0.05) is 18.2 Å². The first-order chi connectivity index (χ1) is 16.0. The van der Waals surface area contributed by atoms with Crippen LogP contribution in [0.4, 0.5) is 0 Å². The van der Waals surface area contributed by atoms with Crippen LogP contribution in [0.1, 0.15) is 27.7 Å². The Labute approximate surface area is 206 Å². The van der Waals surface area contributed by atoms with E-state index in [1.54, 1.807) is 45.0 Å². The van der Waals surface area contributed by atoms with E-state index in [2.05, 4.69) is 0 Å². The van der Waals surface area contributed by atoms with Crippen molar-refractivity contribution in [2.24, 2.45) is 0 Å².